The molecule has 11 heteroatoms. The zero-order valence-corrected chi connectivity index (χ0v) is 22.9. The molecule has 1 aromatic carbocycles. The molecule has 4 heterocycles. The number of alkyl halides is 1. The molecule has 0 spiro atoms. The summed E-state index contributed by atoms with van der Waals surface area (Å²) in [6.07, 6.45) is 8.22. The van der Waals surface area contributed by atoms with E-state index in [4.69, 9.17) is 4.74 Å². The van der Waals surface area contributed by atoms with Gasteiger partial charge in [0, 0.05) is 49.4 Å². The number of imidazole rings is 1. The molecule has 41 heavy (non-hydrogen) atoms. The molecule has 5 rings (SSSR count). The molecule has 2 amide bonds. The van der Waals surface area contributed by atoms with Gasteiger partial charge in [-0.2, -0.15) is 0 Å². The van der Waals surface area contributed by atoms with Gasteiger partial charge in [0.15, 0.2) is 0 Å². The van der Waals surface area contributed by atoms with Gasteiger partial charge in [0.05, 0.1) is 23.6 Å². The van der Waals surface area contributed by atoms with Crippen molar-refractivity contribution in [3.8, 4) is 11.1 Å². The lowest BCUT2D eigenvalue weighted by atomic mass is 10.1. The fourth-order valence-electron chi connectivity index (χ4n) is 4.85. The van der Waals surface area contributed by atoms with Gasteiger partial charge in [-0.25, -0.2) is 13.8 Å². The molecule has 0 radical (unpaired) electrons. The molecule has 3 N–H and O–H groups in total. The smallest absolute Gasteiger partial charge is 0.274 e. The van der Waals surface area contributed by atoms with E-state index in [9.17, 15) is 18.4 Å². The fourth-order valence-corrected chi connectivity index (χ4v) is 4.85. The van der Waals surface area contributed by atoms with Crippen molar-refractivity contribution in [2.45, 2.75) is 44.9 Å². The molecule has 9 nitrogen and oxygen atoms in total. The van der Waals surface area contributed by atoms with E-state index in [1.807, 2.05) is 32.0 Å². The molecule has 0 aliphatic carbocycles. The normalized spacial score (nSPS) is 16.1. The minimum absolute atomic E-state index is 0.0751. The lowest BCUT2D eigenvalue weighted by molar-refractivity contribution is -0.0138. The summed E-state index contributed by atoms with van der Waals surface area (Å²) in [5, 5.41) is 8.39. The number of anilines is 1. The van der Waals surface area contributed by atoms with Crippen LogP contribution in [0.25, 0.3) is 16.8 Å². The van der Waals surface area contributed by atoms with E-state index in [1.54, 1.807) is 23.0 Å². The molecule has 4 aromatic rings. The average Bonchev–Trinajstić information content (AvgIpc) is 3.55. The van der Waals surface area contributed by atoms with Crippen LogP contribution in [0.15, 0.2) is 61.2 Å². The van der Waals surface area contributed by atoms with Crippen molar-refractivity contribution >= 4 is 23.1 Å². The summed E-state index contributed by atoms with van der Waals surface area (Å²) in [4.78, 5) is 34.4. The zero-order chi connectivity index (χ0) is 29.0. The molecule has 1 atom stereocenters. The lowest BCUT2D eigenvalue weighted by Gasteiger charge is -2.19. The first-order chi connectivity index (χ1) is 19.7. The number of hydrogen-bond acceptors (Lipinski definition) is 6. The van der Waals surface area contributed by atoms with Gasteiger partial charge in [0.25, 0.3) is 11.8 Å². The Kier molecular flexibility index (Phi) is 8.36. The van der Waals surface area contributed by atoms with Gasteiger partial charge in [-0.15, -0.1) is 0 Å². The van der Waals surface area contributed by atoms with Crippen LogP contribution in [0, 0.1) is 5.82 Å². The summed E-state index contributed by atoms with van der Waals surface area (Å²) in [6, 6.07) is 9.42. The summed E-state index contributed by atoms with van der Waals surface area (Å²) in [7, 11) is 0. The second-order valence-electron chi connectivity index (χ2n) is 10.6. The number of nitrogens with zero attached hydrogens (tertiary/aromatic N) is 3. The van der Waals surface area contributed by atoms with Crippen LogP contribution >= 0.6 is 0 Å². The number of hydrogen-bond donors (Lipinski definition) is 3. The highest BCUT2D eigenvalue weighted by Gasteiger charge is 2.31. The van der Waals surface area contributed by atoms with Crippen molar-refractivity contribution in [3.63, 3.8) is 0 Å². The van der Waals surface area contributed by atoms with Gasteiger partial charge in [0.2, 0.25) is 0 Å². The number of aromatic nitrogens is 3. The van der Waals surface area contributed by atoms with Crippen LogP contribution in [0.1, 0.15) is 53.1 Å². The molecule has 1 aliphatic heterocycles. The highest BCUT2D eigenvalue weighted by molar-refractivity contribution is 6.04. The minimum Gasteiger partial charge on any atom is -0.371 e. The van der Waals surface area contributed by atoms with Gasteiger partial charge >= 0.3 is 0 Å². The standard InChI is InChI=1S/C30H32F2N6O3/c1-30(2)7-5-23(41-30)17-36-28(39)21-3-4-24(32)25(12-21)37-29(40)26-18-35-27-13-20(6-10-38(26)27)22-11-19(15-34-16-22)14-33-9-8-31/h3-4,6,10-13,15-16,18,23,33H,5,7-9,14,17H2,1-2H3,(H,36,39)(H,37,40). The Bertz CT molecular complexity index is 1570. The van der Waals surface area contributed by atoms with Crippen LogP contribution in [0.5, 0.6) is 0 Å². The Morgan fingerprint density at radius 2 is 1.95 bits per heavy atom. The van der Waals surface area contributed by atoms with Crippen LogP contribution in [0.3, 0.4) is 0 Å². The average molecular weight is 563 g/mol. The first kappa shape index (κ1) is 28.3. The number of nitrogens with one attached hydrogen (secondary N) is 3. The van der Waals surface area contributed by atoms with E-state index in [-0.39, 0.29) is 41.1 Å². The van der Waals surface area contributed by atoms with E-state index in [0.29, 0.717) is 18.7 Å². The third-order valence-electron chi connectivity index (χ3n) is 7.00. The van der Waals surface area contributed by atoms with Crippen molar-refractivity contribution in [2.75, 3.05) is 25.1 Å². The van der Waals surface area contributed by atoms with E-state index in [0.717, 1.165) is 35.6 Å². The number of pyridine rings is 2. The van der Waals surface area contributed by atoms with Gasteiger partial charge in [0.1, 0.15) is 23.8 Å². The van der Waals surface area contributed by atoms with E-state index in [2.05, 4.69) is 25.9 Å². The maximum Gasteiger partial charge on any atom is 0.274 e. The van der Waals surface area contributed by atoms with Crippen LogP contribution in [-0.4, -0.2) is 57.7 Å². The summed E-state index contributed by atoms with van der Waals surface area (Å²) in [5.74, 6) is -1.63. The fraction of sp³-hybridized carbons (Fsp3) is 0.333. The number of carbonyl (C=O) groups excluding carboxylic acids is 2. The number of ether oxygens (including phenoxy) is 1. The van der Waals surface area contributed by atoms with Gasteiger partial charge in [-0.05, 0) is 74.2 Å². The monoisotopic (exact) mass is 562 g/mol. The van der Waals surface area contributed by atoms with Crippen molar-refractivity contribution in [1.29, 1.82) is 0 Å². The quantitative estimate of drug-likeness (QED) is 0.245. The van der Waals surface area contributed by atoms with Gasteiger partial charge in [-0.1, -0.05) is 0 Å². The molecule has 1 fully saturated rings. The Labute approximate surface area is 236 Å². The predicted octanol–water partition coefficient (Wildman–Crippen LogP) is 4.53. The van der Waals surface area contributed by atoms with Gasteiger partial charge < -0.3 is 20.7 Å². The van der Waals surface area contributed by atoms with Crippen molar-refractivity contribution < 1.29 is 23.1 Å². The topological polar surface area (TPSA) is 110 Å². The number of rotatable bonds is 10. The molecule has 1 saturated heterocycles. The Balaban J connectivity index is 1.27. The third kappa shape index (κ3) is 6.75. The Hall–Kier alpha value is -4.22. The Morgan fingerprint density at radius 1 is 1.10 bits per heavy atom. The summed E-state index contributed by atoms with van der Waals surface area (Å²) < 4.78 is 34.5. The van der Waals surface area contributed by atoms with Crippen molar-refractivity contribution in [2.24, 2.45) is 0 Å². The maximum atomic E-state index is 14.6. The molecule has 3 aromatic heterocycles. The van der Waals surface area contributed by atoms with Gasteiger partial charge in [-0.3, -0.25) is 19.0 Å². The predicted molar refractivity (Wildman–Crippen MR) is 151 cm³/mol. The van der Waals surface area contributed by atoms with Crippen molar-refractivity contribution in [1.82, 2.24) is 25.0 Å². The molecule has 1 aliphatic rings. The highest BCUT2D eigenvalue weighted by atomic mass is 19.1. The van der Waals surface area contributed by atoms with E-state index < -0.39 is 18.4 Å². The number of carbonyl (C=O) groups is 2. The molecule has 0 saturated carbocycles. The van der Waals surface area contributed by atoms with Crippen molar-refractivity contribution in [3.05, 3.63) is 83.8 Å². The molecule has 0 bridgehead atoms. The zero-order valence-electron chi connectivity index (χ0n) is 22.9. The van der Waals surface area contributed by atoms with Crippen LogP contribution < -0.4 is 16.0 Å². The molecule has 214 valence electrons. The minimum atomic E-state index is -0.666. The number of fused-ring (bicyclic) bond motifs is 1. The number of amides is 2. The number of benzene rings is 1. The third-order valence-corrected chi connectivity index (χ3v) is 7.00. The summed E-state index contributed by atoms with van der Waals surface area (Å²) in [6.45, 7) is 4.70. The second kappa shape index (κ2) is 12.1. The number of halogens is 2. The molecular weight excluding hydrogens is 530 g/mol. The second-order valence-corrected chi connectivity index (χ2v) is 10.6. The summed E-state index contributed by atoms with van der Waals surface area (Å²) >= 11 is 0. The largest absolute Gasteiger partial charge is 0.371 e. The first-order valence-corrected chi connectivity index (χ1v) is 13.5. The summed E-state index contributed by atoms with van der Waals surface area (Å²) in [5.41, 5.74) is 3.21. The molecular formula is C30H32F2N6O3. The van der Waals surface area contributed by atoms with Crippen LogP contribution in [0.4, 0.5) is 14.5 Å². The maximum absolute atomic E-state index is 14.6. The molecule has 1 unspecified atom stereocenters. The first-order valence-electron chi connectivity index (χ1n) is 13.5. The lowest BCUT2D eigenvalue weighted by Crippen LogP contribution is -2.33. The Morgan fingerprint density at radius 3 is 2.73 bits per heavy atom. The van der Waals surface area contributed by atoms with Crippen LogP contribution in [-0.2, 0) is 11.3 Å². The van der Waals surface area contributed by atoms with E-state index in [1.165, 1.54) is 18.3 Å². The van der Waals surface area contributed by atoms with E-state index >= 15 is 0 Å². The van der Waals surface area contributed by atoms with Crippen LogP contribution in [0.2, 0.25) is 0 Å². The highest BCUT2D eigenvalue weighted by Crippen LogP contribution is 2.29. The SMILES string of the molecule is CC1(C)CCC(CNC(=O)c2ccc(F)c(NC(=O)c3cnc4cc(-c5cncc(CNCCF)c5)ccn34)c2)O1.